The van der Waals surface area contributed by atoms with Gasteiger partial charge in [-0.25, -0.2) is 0 Å². The first-order chi connectivity index (χ1) is 10.2. The lowest BCUT2D eigenvalue weighted by molar-refractivity contribution is -0.133. The fourth-order valence-corrected chi connectivity index (χ4v) is 3.24. The summed E-state index contributed by atoms with van der Waals surface area (Å²) in [7, 11) is 1.64. The first kappa shape index (κ1) is 16.2. The number of hydrogen-bond acceptors (Lipinski definition) is 2. The van der Waals surface area contributed by atoms with E-state index in [-0.39, 0.29) is 5.91 Å². The monoisotopic (exact) mass is 309 g/mol. The second-order valence-corrected chi connectivity index (χ2v) is 5.97. The van der Waals surface area contributed by atoms with Gasteiger partial charge in [-0.05, 0) is 30.5 Å². The second kappa shape index (κ2) is 8.28. The Morgan fingerprint density at radius 1 is 1.33 bits per heavy atom. The Hall–Kier alpha value is -1.22. The smallest absolute Gasteiger partial charge is 0.227 e. The molecule has 0 atom stereocenters. The Labute approximate surface area is 132 Å². The van der Waals surface area contributed by atoms with Crippen LogP contribution in [0, 0.1) is 0 Å². The third kappa shape index (κ3) is 4.63. The predicted molar refractivity (Wildman–Crippen MR) is 86.0 cm³/mol. The summed E-state index contributed by atoms with van der Waals surface area (Å²) in [5.41, 5.74) is 0.995. The van der Waals surface area contributed by atoms with Crippen LogP contribution in [0.1, 0.15) is 37.7 Å². The molecule has 1 aromatic carbocycles. The molecule has 0 radical (unpaired) electrons. The van der Waals surface area contributed by atoms with Gasteiger partial charge in [0, 0.05) is 18.5 Å². The largest absolute Gasteiger partial charge is 0.497 e. The van der Waals surface area contributed by atoms with Crippen molar-refractivity contribution in [3.63, 3.8) is 0 Å². The molecule has 1 amide bonds. The minimum atomic E-state index is 0.177. The van der Waals surface area contributed by atoms with E-state index < -0.39 is 0 Å². The van der Waals surface area contributed by atoms with Gasteiger partial charge in [-0.1, -0.05) is 31.4 Å². The lowest BCUT2D eigenvalue weighted by atomic mass is 9.93. The number of benzene rings is 1. The molecule has 1 fully saturated rings. The number of carbonyl (C=O) groups excluding carboxylic acids is 1. The number of alkyl halides is 1. The number of carbonyl (C=O) groups is 1. The lowest BCUT2D eigenvalue weighted by Gasteiger charge is -2.34. The number of methoxy groups -OCH3 is 1. The van der Waals surface area contributed by atoms with E-state index in [2.05, 4.69) is 0 Å². The summed E-state index contributed by atoms with van der Waals surface area (Å²) in [6.45, 7) is 0.648. The van der Waals surface area contributed by atoms with Crippen LogP contribution in [0.5, 0.6) is 5.75 Å². The van der Waals surface area contributed by atoms with Crippen LogP contribution < -0.4 is 4.74 Å². The fraction of sp³-hybridized carbons (Fsp3) is 0.588. The van der Waals surface area contributed by atoms with Crippen molar-refractivity contribution in [1.82, 2.24) is 4.90 Å². The Kier molecular flexibility index (Phi) is 6.37. The maximum absolute atomic E-state index is 12.6. The molecule has 2 rings (SSSR count). The number of halogens is 1. The van der Waals surface area contributed by atoms with E-state index in [1.165, 1.54) is 19.3 Å². The van der Waals surface area contributed by atoms with Crippen LogP contribution in [-0.4, -0.2) is 36.4 Å². The molecule has 116 valence electrons. The fourth-order valence-electron chi connectivity index (χ4n) is 3.05. The SMILES string of the molecule is COc1cccc(CC(=O)N(CCCl)C2CCCCC2)c1. The molecule has 0 aliphatic heterocycles. The van der Waals surface area contributed by atoms with Gasteiger partial charge < -0.3 is 9.64 Å². The van der Waals surface area contributed by atoms with Crippen LogP contribution in [-0.2, 0) is 11.2 Å². The molecule has 1 saturated carbocycles. The van der Waals surface area contributed by atoms with E-state index in [9.17, 15) is 4.79 Å². The number of amides is 1. The zero-order chi connectivity index (χ0) is 15.1. The van der Waals surface area contributed by atoms with Gasteiger partial charge in [0.2, 0.25) is 5.91 Å². The summed E-state index contributed by atoms with van der Waals surface area (Å²) >= 11 is 5.90. The molecule has 21 heavy (non-hydrogen) atoms. The van der Waals surface area contributed by atoms with Gasteiger partial charge >= 0.3 is 0 Å². The summed E-state index contributed by atoms with van der Waals surface area (Å²) in [6, 6.07) is 8.09. The van der Waals surface area contributed by atoms with Crippen LogP contribution in [0.25, 0.3) is 0 Å². The van der Waals surface area contributed by atoms with Crippen LogP contribution in [0.15, 0.2) is 24.3 Å². The molecule has 0 bridgehead atoms. The Bertz CT molecular complexity index is 458. The summed E-state index contributed by atoms with van der Waals surface area (Å²) in [5, 5.41) is 0. The molecule has 0 saturated heterocycles. The minimum absolute atomic E-state index is 0.177. The van der Waals surface area contributed by atoms with Crippen molar-refractivity contribution >= 4 is 17.5 Å². The molecule has 0 spiro atoms. The number of rotatable bonds is 6. The van der Waals surface area contributed by atoms with E-state index in [0.29, 0.717) is 24.9 Å². The molecule has 1 aliphatic carbocycles. The van der Waals surface area contributed by atoms with Gasteiger partial charge in [0.25, 0.3) is 0 Å². The molecule has 1 aromatic rings. The summed E-state index contributed by atoms with van der Waals surface area (Å²) < 4.78 is 5.21. The zero-order valence-corrected chi connectivity index (χ0v) is 13.4. The van der Waals surface area contributed by atoms with E-state index in [1.54, 1.807) is 7.11 Å². The number of hydrogen-bond donors (Lipinski definition) is 0. The molecular formula is C17H24ClNO2. The first-order valence-electron chi connectivity index (χ1n) is 7.73. The highest BCUT2D eigenvalue weighted by Crippen LogP contribution is 2.23. The van der Waals surface area contributed by atoms with Gasteiger partial charge in [0.1, 0.15) is 5.75 Å². The van der Waals surface area contributed by atoms with Crippen molar-refractivity contribution in [3.8, 4) is 5.75 Å². The van der Waals surface area contributed by atoms with Crippen molar-refractivity contribution in [2.24, 2.45) is 0 Å². The average molecular weight is 310 g/mol. The molecule has 3 nitrogen and oxygen atoms in total. The van der Waals surface area contributed by atoms with Gasteiger partial charge in [0.15, 0.2) is 0 Å². The average Bonchev–Trinajstić information content (AvgIpc) is 2.53. The van der Waals surface area contributed by atoms with E-state index in [0.717, 1.165) is 24.2 Å². The van der Waals surface area contributed by atoms with E-state index in [1.807, 2.05) is 29.2 Å². The molecule has 0 aromatic heterocycles. The minimum Gasteiger partial charge on any atom is -0.497 e. The van der Waals surface area contributed by atoms with Crippen molar-refractivity contribution in [1.29, 1.82) is 0 Å². The van der Waals surface area contributed by atoms with Crippen LogP contribution >= 0.6 is 11.6 Å². The number of nitrogens with zero attached hydrogens (tertiary/aromatic N) is 1. The molecule has 0 N–H and O–H groups in total. The second-order valence-electron chi connectivity index (χ2n) is 5.60. The summed E-state index contributed by atoms with van der Waals surface area (Å²) in [5.74, 6) is 1.47. The molecule has 0 heterocycles. The Balaban J connectivity index is 2.03. The Morgan fingerprint density at radius 3 is 2.76 bits per heavy atom. The summed E-state index contributed by atoms with van der Waals surface area (Å²) in [4.78, 5) is 14.6. The van der Waals surface area contributed by atoms with Gasteiger partial charge in [-0.3, -0.25) is 4.79 Å². The lowest BCUT2D eigenvalue weighted by Crippen LogP contribution is -2.43. The number of ether oxygens (including phenoxy) is 1. The maximum Gasteiger partial charge on any atom is 0.227 e. The van der Waals surface area contributed by atoms with Crippen LogP contribution in [0.3, 0.4) is 0 Å². The van der Waals surface area contributed by atoms with Gasteiger partial charge in [0.05, 0.1) is 13.5 Å². The highest BCUT2D eigenvalue weighted by atomic mass is 35.5. The molecular weight excluding hydrogens is 286 g/mol. The third-order valence-electron chi connectivity index (χ3n) is 4.15. The van der Waals surface area contributed by atoms with Crippen molar-refractivity contribution < 1.29 is 9.53 Å². The van der Waals surface area contributed by atoms with Crippen LogP contribution in [0.4, 0.5) is 0 Å². The normalized spacial score (nSPS) is 15.7. The van der Waals surface area contributed by atoms with Gasteiger partial charge in [-0.2, -0.15) is 0 Å². The Morgan fingerprint density at radius 2 is 2.10 bits per heavy atom. The quantitative estimate of drug-likeness (QED) is 0.751. The predicted octanol–water partition coefficient (Wildman–Crippen LogP) is 3.64. The van der Waals surface area contributed by atoms with Gasteiger partial charge in [-0.15, -0.1) is 11.6 Å². The first-order valence-corrected chi connectivity index (χ1v) is 8.26. The highest BCUT2D eigenvalue weighted by molar-refractivity contribution is 6.18. The zero-order valence-electron chi connectivity index (χ0n) is 12.7. The molecule has 0 unspecified atom stereocenters. The highest BCUT2D eigenvalue weighted by Gasteiger charge is 2.24. The van der Waals surface area contributed by atoms with E-state index >= 15 is 0 Å². The third-order valence-corrected chi connectivity index (χ3v) is 4.32. The molecule has 1 aliphatic rings. The summed E-state index contributed by atoms with van der Waals surface area (Å²) in [6.07, 6.45) is 6.37. The van der Waals surface area contributed by atoms with Crippen molar-refractivity contribution in [2.45, 2.75) is 44.6 Å². The van der Waals surface area contributed by atoms with Crippen LogP contribution in [0.2, 0.25) is 0 Å². The van der Waals surface area contributed by atoms with Crippen molar-refractivity contribution in [2.75, 3.05) is 19.5 Å². The van der Waals surface area contributed by atoms with Crippen molar-refractivity contribution in [3.05, 3.63) is 29.8 Å². The van der Waals surface area contributed by atoms with E-state index in [4.69, 9.17) is 16.3 Å². The standard InChI is InChI=1S/C17H24ClNO2/c1-21-16-9-5-6-14(12-16)13-17(20)19(11-10-18)15-7-3-2-4-8-15/h5-6,9,12,15H,2-4,7-8,10-11,13H2,1H3. The topological polar surface area (TPSA) is 29.5 Å². The molecule has 4 heteroatoms. The maximum atomic E-state index is 12.6.